The molecular formula is C8H17NO2. The molecule has 0 bridgehead atoms. The summed E-state index contributed by atoms with van der Waals surface area (Å²) in [5.41, 5.74) is 0. The minimum absolute atomic E-state index is 0.239. The largest absolute Gasteiger partial charge is 0.395 e. The molecule has 1 heterocycles. The first kappa shape index (κ1) is 8.97. The highest BCUT2D eigenvalue weighted by Gasteiger charge is 2.16. The van der Waals surface area contributed by atoms with Gasteiger partial charge in [0.1, 0.15) is 0 Å². The van der Waals surface area contributed by atoms with Crippen LogP contribution in [0, 0.1) is 0 Å². The Morgan fingerprint density at radius 1 is 1.64 bits per heavy atom. The van der Waals surface area contributed by atoms with Crippen molar-refractivity contribution in [3.63, 3.8) is 0 Å². The van der Waals surface area contributed by atoms with Crippen LogP contribution in [0.4, 0.5) is 0 Å². The van der Waals surface area contributed by atoms with Crippen LogP contribution in [-0.4, -0.2) is 49.5 Å². The molecule has 1 saturated heterocycles. The average molecular weight is 159 g/mol. The maximum absolute atomic E-state index is 8.63. The van der Waals surface area contributed by atoms with Gasteiger partial charge in [0.15, 0.2) is 0 Å². The van der Waals surface area contributed by atoms with E-state index < -0.39 is 0 Å². The summed E-state index contributed by atoms with van der Waals surface area (Å²) in [6, 6.07) is 0. The van der Waals surface area contributed by atoms with Crippen molar-refractivity contribution in [2.45, 2.75) is 18.9 Å². The summed E-state index contributed by atoms with van der Waals surface area (Å²) in [4.78, 5) is 2.11. The van der Waals surface area contributed by atoms with Gasteiger partial charge in [-0.25, -0.2) is 0 Å². The first-order valence-electron chi connectivity index (χ1n) is 4.24. The maximum Gasteiger partial charge on any atom is 0.0702 e. The molecule has 0 aromatic rings. The Morgan fingerprint density at radius 2 is 2.45 bits per heavy atom. The summed E-state index contributed by atoms with van der Waals surface area (Å²) in [5.74, 6) is 0. The van der Waals surface area contributed by atoms with Gasteiger partial charge in [-0.1, -0.05) is 0 Å². The Balaban J connectivity index is 2.08. The zero-order valence-corrected chi connectivity index (χ0v) is 7.12. The molecule has 11 heavy (non-hydrogen) atoms. The lowest BCUT2D eigenvalue weighted by Crippen LogP contribution is -2.30. The third-order valence-electron chi connectivity index (χ3n) is 2.02. The van der Waals surface area contributed by atoms with E-state index in [2.05, 4.69) is 4.90 Å². The van der Waals surface area contributed by atoms with Crippen LogP contribution in [0.3, 0.4) is 0 Å². The first-order chi connectivity index (χ1) is 5.33. The molecule has 3 heteroatoms. The summed E-state index contributed by atoms with van der Waals surface area (Å²) >= 11 is 0. The molecule has 0 unspecified atom stereocenters. The molecule has 1 atom stereocenters. The zero-order chi connectivity index (χ0) is 8.10. The Bertz CT molecular complexity index is 102. The average Bonchev–Trinajstić information content (AvgIpc) is 2.40. The van der Waals surface area contributed by atoms with Crippen molar-refractivity contribution in [3.8, 4) is 0 Å². The SMILES string of the molecule is CN(CCO)C[C@H]1CCCO1. The second-order valence-electron chi connectivity index (χ2n) is 3.12. The van der Waals surface area contributed by atoms with Crippen LogP contribution in [0.25, 0.3) is 0 Å². The van der Waals surface area contributed by atoms with Gasteiger partial charge < -0.3 is 14.7 Å². The number of aliphatic hydroxyl groups excluding tert-OH is 1. The van der Waals surface area contributed by atoms with Crippen LogP contribution < -0.4 is 0 Å². The number of nitrogens with zero attached hydrogens (tertiary/aromatic N) is 1. The summed E-state index contributed by atoms with van der Waals surface area (Å²) in [5, 5.41) is 8.63. The maximum atomic E-state index is 8.63. The van der Waals surface area contributed by atoms with Crippen molar-refractivity contribution in [3.05, 3.63) is 0 Å². The fraction of sp³-hybridized carbons (Fsp3) is 1.00. The highest BCUT2D eigenvalue weighted by molar-refractivity contribution is 4.68. The Morgan fingerprint density at radius 3 is 3.00 bits per heavy atom. The van der Waals surface area contributed by atoms with E-state index in [0.717, 1.165) is 19.7 Å². The quantitative estimate of drug-likeness (QED) is 0.631. The summed E-state index contributed by atoms with van der Waals surface area (Å²) in [7, 11) is 2.01. The van der Waals surface area contributed by atoms with E-state index in [4.69, 9.17) is 9.84 Å². The minimum Gasteiger partial charge on any atom is -0.395 e. The van der Waals surface area contributed by atoms with E-state index in [1.165, 1.54) is 12.8 Å². The van der Waals surface area contributed by atoms with Crippen molar-refractivity contribution in [1.82, 2.24) is 4.90 Å². The molecule has 0 amide bonds. The van der Waals surface area contributed by atoms with Gasteiger partial charge in [-0.05, 0) is 19.9 Å². The first-order valence-corrected chi connectivity index (χ1v) is 4.24. The van der Waals surface area contributed by atoms with E-state index in [1.807, 2.05) is 7.05 Å². The Kier molecular flexibility index (Phi) is 3.83. The van der Waals surface area contributed by atoms with E-state index >= 15 is 0 Å². The van der Waals surface area contributed by atoms with E-state index in [0.29, 0.717) is 6.10 Å². The number of hydrogen-bond acceptors (Lipinski definition) is 3. The van der Waals surface area contributed by atoms with Crippen LogP contribution in [-0.2, 0) is 4.74 Å². The molecule has 0 aromatic heterocycles. The van der Waals surface area contributed by atoms with Gasteiger partial charge >= 0.3 is 0 Å². The van der Waals surface area contributed by atoms with Crippen molar-refractivity contribution in [2.24, 2.45) is 0 Å². The minimum atomic E-state index is 0.239. The molecule has 0 spiro atoms. The number of likely N-dealkylation sites (N-methyl/N-ethyl adjacent to an activating group) is 1. The third-order valence-corrected chi connectivity index (χ3v) is 2.02. The second kappa shape index (κ2) is 4.70. The van der Waals surface area contributed by atoms with Gasteiger partial charge in [-0.15, -0.1) is 0 Å². The van der Waals surface area contributed by atoms with Crippen LogP contribution in [0.1, 0.15) is 12.8 Å². The highest BCUT2D eigenvalue weighted by Crippen LogP contribution is 2.12. The predicted molar refractivity (Wildman–Crippen MR) is 43.6 cm³/mol. The number of hydrogen-bond donors (Lipinski definition) is 1. The third kappa shape index (κ3) is 3.18. The van der Waals surface area contributed by atoms with E-state index in [9.17, 15) is 0 Å². The monoisotopic (exact) mass is 159 g/mol. The van der Waals surface area contributed by atoms with Gasteiger partial charge in [-0.2, -0.15) is 0 Å². The fourth-order valence-corrected chi connectivity index (χ4v) is 1.40. The van der Waals surface area contributed by atoms with Crippen molar-refractivity contribution < 1.29 is 9.84 Å². The predicted octanol–water partition coefficient (Wildman–Crippen LogP) is 0.0895. The second-order valence-corrected chi connectivity index (χ2v) is 3.12. The van der Waals surface area contributed by atoms with Crippen LogP contribution in [0.15, 0.2) is 0 Å². The standard InChI is InChI=1S/C8H17NO2/c1-9(4-5-10)7-8-3-2-6-11-8/h8,10H,2-7H2,1H3/t8-/m1/s1. The lowest BCUT2D eigenvalue weighted by atomic mass is 10.2. The van der Waals surface area contributed by atoms with Crippen molar-refractivity contribution in [1.29, 1.82) is 0 Å². The molecule has 1 rings (SSSR count). The molecule has 1 aliphatic heterocycles. The lowest BCUT2D eigenvalue weighted by Gasteiger charge is -2.18. The fourth-order valence-electron chi connectivity index (χ4n) is 1.40. The smallest absolute Gasteiger partial charge is 0.0702 e. The molecule has 0 aromatic carbocycles. The molecule has 3 nitrogen and oxygen atoms in total. The lowest BCUT2D eigenvalue weighted by molar-refractivity contribution is 0.0759. The van der Waals surface area contributed by atoms with E-state index in [1.54, 1.807) is 0 Å². The van der Waals surface area contributed by atoms with Gasteiger partial charge in [-0.3, -0.25) is 0 Å². The number of ether oxygens (including phenoxy) is 1. The van der Waals surface area contributed by atoms with Crippen molar-refractivity contribution in [2.75, 3.05) is 33.4 Å². The highest BCUT2D eigenvalue weighted by atomic mass is 16.5. The van der Waals surface area contributed by atoms with Crippen LogP contribution >= 0.6 is 0 Å². The number of aliphatic hydroxyl groups is 1. The molecule has 1 aliphatic rings. The number of rotatable bonds is 4. The molecule has 0 saturated carbocycles. The Labute approximate surface area is 68.0 Å². The van der Waals surface area contributed by atoms with Gasteiger partial charge in [0.2, 0.25) is 0 Å². The molecule has 0 aliphatic carbocycles. The molecular weight excluding hydrogens is 142 g/mol. The summed E-state index contributed by atoms with van der Waals surface area (Å²) in [6.07, 6.45) is 2.78. The molecule has 1 fully saturated rings. The zero-order valence-electron chi connectivity index (χ0n) is 7.12. The summed E-state index contributed by atoms with van der Waals surface area (Å²) < 4.78 is 5.45. The van der Waals surface area contributed by atoms with Gasteiger partial charge in [0, 0.05) is 19.7 Å². The topological polar surface area (TPSA) is 32.7 Å². The Hall–Kier alpha value is -0.120. The molecule has 1 N–H and O–H groups in total. The van der Waals surface area contributed by atoms with Gasteiger partial charge in [0.25, 0.3) is 0 Å². The van der Waals surface area contributed by atoms with Crippen LogP contribution in [0.2, 0.25) is 0 Å². The van der Waals surface area contributed by atoms with Crippen molar-refractivity contribution >= 4 is 0 Å². The van der Waals surface area contributed by atoms with Gasteiger partial charge in [0.05, 0.1) is 12.7 Å². The normalized spacial score (nSPS) is 24.8. The van der Waals surface area contributed by atoms with E-state index in [-0.39, 0.29) is 6.61 Å². The van der Waals surface area contributed by atoms with Crippen LogP contribution in [0.5, 0.6) is 0 Å². The molecule has 66 valence electrons. The molecule has 0 radical (unpaired) electrons. The summed E-state index contributed by atoms with van der Waals surface area (Å²) in [6.45, 7) is 2.86.